The Morgan fingerprint density at radius 1 is 1.15 bits per heavy atom. The third-order valence-corrected chi connectivity index (χ3v) is 5.08. The lowest BCUT2D eigenvalue weighted by atomic mass is 10.1. The summed E-state index contributed by atoms with van der Waals surface area (Å²) in [5, 5.41) is 4.12. The summed E-state index contributed by atoms with van der Waals surface area (Å²) >= 11 is 0. The number of carbonyl (C=O) groups excluding carboxylic acids is 1. The molecule has 3 aromatic rings. The Balaban J connectivity index is 1.45. The molecule has 5 nitrogen and oxygen atoms in total. The van der Waals surface area contributed by atoms with Crippen LogP contribution in [-0.4, -0.2) is 27.5 Å². The second kappa shape index (κ2) is 7.74. The minimum Gasteiger partial charge on any atom is -0.337 e. The number of hydrogen-bond donors (Lipinski definition) is 0. The minimum absolute atomic E-state index is 0.111. The Bertz CT molecular complexity index is 903. The van der Waals surface area contributed by atoms with Crippen molar-refractivity contribution in [3.63, 3.8) is 0 Å². The quantitative estimate of drug-likeness (QED) is 0.678. The summed E-state index contributed by atoms with van der Waals surface area (Å²) in [7, 11) is 0. The third kappa shape index (κ3) is 3.92. The number of hydrogen-bond acceptors (Lipinski definition) is 4. The summed E-state index contributed by atoms with van der Waals surface area (Å²) in [6.07, 6.45) is 3.08. The van der Waals surface area contributed by atoms with E-state index in [1.54, 1.807) is 0 Å². The summed E-state index contributed by atoms with van der Waals surface area (Å²) < 4.78 is 5.52. The number of rotatable bonds is 5. The van der Waals surface area contributed by atoms with Gasteiger partial charge in [-0.3, -0.25) is 4.79 Å². The maximum atomic E-state index is 12.8. The maximum absolute atomic E-state index is 12.8. The largest absolute Gasteiger partial charge is 0.337 e. The summed E-state index contributed by atoms with van der Waals surface area (Å²) in [4.78, 5) is 19.2. The van der Waals surface area contributed by atoms with E-state index in [1.807, 2.05) is 54.3 Å². The molecule has 0 bridgehead atoms. The van der Waals surface area contributed by atoms with Crippen LogP contribution in [-0.2, 0) is 11.2 Å². The van der Waals surface area contributed by atoms with E-state index in [1.165, 1.54) is 11.1 Å². The van der Waals surface area contributed by atoms with Gasteiger partial charge in [0, 0.05) is 18.5 Å². The fourth-order valence-corrected chi connectivity index (χ4v) is 3.55. The van der Waals surface area contributed by atoms with E-state index >= 15 is 0 Å². The van der Waals surface area contributed by atoms with Crippen LogP contribution in [0.4, 0.5) is 0 Å². The van der Waals surface area contributed by atoms with Gasteiger partial charge in [-0.05, 0) is 31.7 Å². The molecule has 1 fully saturated rings. The topological polar surface area (TPSA) is 59.2 Å². The number of benzene rings is 2. The predicted octanol–water partition coefficient (Wildman–Crippen LogP) is 4.34. The Kier molecular flexibility index (Phi) is 5.01. The lowest BCUT2D eigenvalue weighted by molar-refractivity contribution is -0.132. The smallest absolute Gasteiger partial charge is 0.249 e. The molecule has 0 saturated carbocycles. The van der Waals surface area contributed by atoms with Crippen molar-refractivity contribution >= 4 is 5.91 Å². The van der Waals surface area contributed by atoms with Crippen LogP contribution in [0.3, 0.4) is 0 Å². The fraction of sp³-hybridized carbons (Fsp3) is 0.318. The molecule has 1 amide bonds. The molecule has 1 aliphatic rings. The molecule has 2 aromatic carbocycles. The van der Waals surface area contributed by atoms with Gasteiger partial charge in [0.15, 0.2) is 0 Å². The van der Waals surface area contributed by atoms with E-state index in [4.69, 9.17) is 4.52 Å². The van der Waals surface area contributed by atoms with Crippen LogP contribution in [0.2, 0.25) is 0 Å². The molecule has 0 spiro atoms. The molecule has 0 unspecified atom stereocenters. The van der Waals surface area contributed by atoms with E-state index < -0.39 is 0 Å². The third-order valence-electron chi connectivity index (χ3n) is 5.08. The van der Waals surface area contributed by atoms with Gasteiger partial charge in [-0.25, -0.2) is 0 Å². The predicted molar refractivity (Wildman–Crippen MR) is 103 cm³/mol. The van der Waals surface area contributed by atoms with Crippen LogP contribution in [0, 0.1) is 6.92 Å². The minimum atomic E-state index is -0.111. The van der Waals surface area contributed by atoms with Crippen LogP contribution >= 0.6 is 0 Å². The van der Waals surface area contributed by atoms with Gasteiger partial charge in [0.2, 0.25) is 17.6 Å². The van der Waals surface area contributed by atoms with Crippen molar-refractivity contribution in [2.24, 2.45) is 0 Å². The van der Waals surface area contributed by atoms with E-state index in [9.17, 15) is 4.79 Å². The van der Waals surface area contributed by atoms with Crippen molar-refractivity contribution in [3.05, 3.63) is 71.6 Å². The molecular weight excluding hydrogens is 338 g/mol. The van der Waals surface area contributed by atoms with E-state index in [0.29, 0.717) is 18.1 Å². The highest BCUT2D eigenvalue weighted by molar-refractivity contribution is 5.77. The molecule has 1 atom stereocenters. The van der Waals surface area contributed by atoms with Gasteiger partial charge in [0.25, 0.3) is 0 Å². The van der Waals surface area contributed by atoms with Crippen molar-refractivity contribution < 1.29 is 9.32 Å². The molecule has 0 N–H and O–H groups in total. The average molecular weight is 361 g/mol. The molecule has 27 heavy (non-hydrogen) atoms. The number of amides is 1. The van der Waals surface area contributed by atoms with Crippen molar-refractivity contribution in [3.8, 4) is 11.4 Å². The second-order valence-corrected chi connectivity index (χ2v) is 7.05. The monoisotopic (exact) mass is 361 g/mol. The van der Waals surface area contributed by atoms with Crippen LogP contribution in [0.5, 0.6) is 0 Å². The number of nitrogens with zero attached hydrogens (tertiary/aromatic N) is 3. The zero-order valence-corrected chi connectivity index (χ0v) is 15.5. The summed E-state index contributed by atoms with van der Waals surface area (Å²) in [6, 6.07) is 18.0. The fourth-order valence-electron chi connectivity index (χ4n) is 3.55. The average Bonchev–Trinajstić information content (AvgIpc) is 3.37. The van der Waals surface area contributed by atoms with Gasteiger partial charge < -0.3 is 9.42 Å². The molecule has 1 saturated heterocycles. The second-order valence-electron chi connectivity index (χ2n) is 7.05. The SMILES string of the molecule is Cc1ccc(-c2noc([C@H]3CCCN3C(=O)CCc3ccccc3)n2)cc1. The first kappa shape index (κ1) is 17.5. The molecule has 1 aromatic heterocycles. The Hall–Kier alpha value is -2.95. The van der Waals surface area contributed by atoms with Gasteiger partial charge in [0.1, 0.15) is 6.04 Å². The maximum Gasteiger partial charge on any atom is 0.249 e. The van der Waals surface area contributed by atoms with Crippen molar-refractivity contribution in [1.82, 2.24) is 15.0 Å². The molecule has 1 aliphatic heterocycles. The lowest BCUT2D eigenvalue weighted by Gasteiger charge is -2.21. The van der Waals surface area contributed by atoms with Crippen molar-refractivity contribution in [1.29, 1.82) is 0 Å². The zero-order valence-electron chi connectivity index (χ0n) is 15.5. The van der Waals surface area contributed by atoms with Crippen LogP contribution in [0.1, 0.15) is 42.3 Å². The van der Waals surface area contributed by atoms with Crippen LogP contribution in [0.25, 0.3) is 11.4 Å². The summed E-state index contributed by atoms with van der Waals surface area (Å²) in [5.74, 6) is 1.26. The molecule has 5 heteroatoms. The molecular formula is C22H23N3O2. The standard InChI is InChI=1S/C22H23N3O2/c1-16-9-12-18(13-10-16)21-23-22(27-24-21)19-8-5-15-25(19)20(26)14-11-17-6-3-2-4-7-17/h2-4,6-7,9-10,12-13,19H,5,8,11,14-15H2,1H3/t19-/m1/s1. The van der Waals surface area contributed by atoms with Gasteiger partial charge >= 0.3 is 0 Å². The highest BCUT2D eigenvalue weighted by Gasteiger charge is 2.33. The van der Waals surface area contributed by atoms with E-state index in [-0.39, 0.29) is 11.9 Å². The first-order chi connectivity index (χ1) is 13.2. The van der Waals surface area contributed by atoms with Gasteiger partial charge in [-0.15, -0.1) is 0 Å². The number of aromatic nitrogens is 2. The first-order valence-corrected chi connectivity index (χ1v) is 9.45. The Labute approximate surface area is 159 Å². The molecule has 0 aliphatic carbocycles. The Morgan fingerprint density at radius 2 is 1.93 bits per heavy atom. The van der Waals surface area contributed by atoms with Crippen LogP contribution < -0.4 is 0 Å². The van der Waals surface area contributed by atoms with Crippen molar-refractivity contribution in [2.75, 3.05) is 6.54 Å². The van der Waals surface area contributed by atoms with Gasteiger partial charge in [-0.2, -0.15) is 4.98 Å². The van der Waals surface area contributed by atoms with E-state index in [0.717, 1.165) is 31.4 Å². The summed E-state index contributed by atoms with van der Waals surface area (Å²) in [5.41, 5.74) is 3.30. The number of carbonyl (C=O) groups is 1. The van der Waals surface area contributed by atoms with Gasteiger partial charge in [-0.1, -0.05) is 65.3 Å². The normalized spacial score (nSPS) is 16.6. The molecule has 138 valence electrons. The zero-order chi connectivity index (χ0) is 18.6. The molecule has 2 heterocycles. The van der Waals surface area contributed by atoms with E-state index in [2.05, 4.69) is 22.3 Å². The molecule has 4 rings (SSSR count). The Morgan fingerprint density at radius 3 is 2.70 bits per heavy atom. The number of aryl methyl sites for hydroxylation is 2. The van der Waals surface area contributed by atoms with Crippen molar-refractivity contribution in [2.45, 2.75) is 38.6 Å². The van der Waals surface area contributed by atoms with Gasteiger partial charge in [0.05, 0.1) is 0 Å². The highest BCUT2D eigenvalue weighted by atomic mass is 16.5. The van der Waals surface area contributed by atoms with Crippen LogP contribution in [0.15, 0.2) is 59.1 Å². The lowest BCUT2D eigenvalue weighted by Crippen LogP contribution is -2.30. The molecule has 0 radical (unpaired) electrons. The number of likely N-dealkylation sites (tertiary alicyclic amines) is 1. The first-order valence-electron chi connectivity index (χ1n) is 9.45. The highest BCUT2D eigenvalue weighted by Crippen LogP contribution is 2.32. The summed E-state index contributed by atoms with van der Waals surface area (Å²) in [6.45, 7) is 2.80.